The maximum Gasteiger partial charge on any atom is 0.227 e. The number of amides is 2. The van der Waals surface area contributed by atoms with E-state index in [0.29, 0.717) is 6.42 Å². The summed E-state index contributed by atoms with van der Waals surface area (Å²) in [7, 11) is 0. The summed E-state index contributed by atoms with van der Waals surface area (Å²) in [5, 5.41) is 9.12. The van der Waals surface area contributed by atoms with Crippen molar-refractivity contribution in [3.05, 3.63) is 45.9 Å². The number of likely N-dealkylation sites (tertiary alicyclic amines) is 1. The van der Waals surface area contributed by atoms with Gasteiger partial charge < -0.3 is 10.6 Å². The molecule has 1 saturated heterocycles. The molecule has 1 aromatic heterocycles. The molecule has 0 unspecified atom stereocenters. The molecule has 2 aromatic rings. The minimum Gasteiger partial charge on any atom is -0.354 e. The number of hydrogen-bond acceptors (Lipinski definition) is 5. The summed E-state index contributed by atoms with van der Waals surface area (Å²) >= 11 is 1.68. The van der Waals surface area contributed by atoms with E-state index in [0.717, 1.165) is 54.4 Å². The minimum atomic E-state index is 0.0105. The standard InChI is InChI=1S/C22H30N4O2S/c1-15(2)23-21(27)12-17-4-6-19(7-5-17)25-22(28)18-8-10-26(11-9-18)13-20-14-29-16(3)24-20/h4-7,14-15,18H,8-13H2,1-3H3,(H,23,27)(H,25,28). The second-order valence-corrected chi connectivity index (χ2v) is 9.06. The van der Waals surface area contributed by atoms with Gasteiger partial charge in [0.1, 0.15) is 0 Å². The average molecular weight is 415 g/mol. The summed E-state index contributed by atoms with van der Waals surface area (Å²) in [6.45, 7) is 8.61. The van der Waals surface area contributed by atoms with Crippen LogP contribution in [0.2, 0.25) is 0 Å². The Morgan fingerprint density at radius 3 is 2.48 bits per heavy atom. The molecule has 1 fully saturated rings. The van der Waals surface area contributed by atoms with Crippen LogP contribution in [0.25, 0.3) is 0 Å². The molecule has 0 atom stereocenters. The van der Waals surface area contributed by atoms with Crippen LogP contribution in [0.15, 0.2) is 29.6 Å². The zero-order chi connectivity index (χ0) is 20.8. The van der Waals surface area contributed by atoms with Gasteiger partial charge in [-0.1, -0.05) is 12.1 Å². The van der Waals surface area contributed by atoms with Crippen LogP contribution in [0, 0.1) is 12.8 Å². The van der Waals surface area contributed by atoms with Crippen LogP contribution in [-0.4, -0.2) is 40.8 Å². The predicted octanol–water partition coefficient (Wildman–Crippen LogP) is 3.37. The molecule has 29 heavy (non-hydrogen) atoms. The normalized spacial score (nSPS) is 15.4. The maximum atomic E-state index is 12.6. The molecule has 1 aliphatic rings. The van der Waals surface area contributed by atoms with Crippen molar-refractivity contribution < 1.29 is 9.59 Å². The summed E-state index contributed by atoms with van der Waals surface area (Å²) < 4.78 is 0. The van der Waals surface area contributed by atoms with Gasteiger partial charge in [0, 0.05) is 29.6 Å². The Kier molecular flexibility index (Phi) is 7.39. The smallest absolute Gasteiger partial charge is 0.227 e. The number of benzene rings is 1. The number of nitrogens with zero attached hydrogens (tertiary/aromatic N) is 2. The number of carbonyl (C=O) groups is 2. The van der Waals surface area contributed by atoms with Crippen molar-refractivity contribution in [2.24, 2.45) is 5.92 Å². The fourth-order valence-electron chi connectivity index (χ4n) is 3.57. The molecule has 6 nitrogen and oxygen atoms in total. The third-order valence-corrected chi connectivity index (χ3v) is 5.87. The van der Waals surface area contributed by atoms with Gasteiger partial charge in [-0.25, -0.2) is 4.98 Å². The third-order valence-electron chi connectivity index (χ3n) is 5.05. The second-order valence-electron chi connectivity index (χ2n) is 7.99. The number of piperidine rings is 1. The minimum absolute atomic E-state index is 0.0105. The zero-order valence-electron chi connectivity index (χ0n) is 17.4. The van der Waals surface area contributed by atoms with Crippen molar-refractivity contribution in [1.29, 1.82) is 0 Å². The summed E-state index contributed by atoms with van der Waals surface area (Å²) in [4.78, 5) is 31.4. The lowest BCUT2D eigenvalue weighted by molar-refractivity contribution is -0.122. The molecule has 1 aliphatic heterocycles. The van der Waals surface area contributed by atoms with Gasteiger partial charge in [0.15, 0.2) is 0 Å². The number of carbonyl (C=O) groups excluding carboxylic acids is 2. The highest BCUT2D eigenvalue weighted by Crippen LogP contribution is 2.22. The summed E-state index contributed by atoms with van der Waals surface area (Å²) in [6.07, 6.45) is 2.08. The Morgan fingerprint density at radius 2 is 1.90 bits per heavy atom. The van der Waals surface area contributed by atoms with E-state index in [1.165, 1.54) is 0 Å². The fourth-order valence-corrected chi connectivity index (χ4v) is 4.18. The number of anilines is 1. The SMILES string of the molecule is Cc1nc(CN2CCC(C(=O)Nc3ccc(CC(=O)NC(C)C)cc3)CC2)cs1. The van der Waals surface area contributed by atoms with E-state index < -0.39 is 0 Å². The van der Waals surface area contributed by atoms with Crippen molar-refractivity contribution in [3.63, 3.8) is 0 Å². The van der Waals surface area contributed by atoms with Crippen LogP contribution < -0.4 is 10.6 Å². The zero-order valence-corrected chi connectivity index (χ0v) is 18.2. The van der Waals surface area contributed by atoms with Crippen LogP contribution >= 0.6 is 11.3 Å². The van der Waals surface area contributed by atoms with Gasteiger partial charge in [-0.15, -0.1) is 11.3 Å². The van der Waals surface area contributed by atoms with E-state index in [1.54, 1.807) is 11.3 Å². The second kappa shape index (κ2) is 9.98. The van der Waals surface area contributed by atoms with E-state index in [-0.39, 0.29) is 23.8 Å². The number of hydrogen-bond donors (Lipinski definition) is 2. The molecule has 3 rings (SSSR count). The molecular weight excluding hydrogens is 384 g/mol. The monoisotopic (exact) mass is 414 g/mol. The maximum absolute atomic E-state index is 12.6. The molecule has 0 bridgehead atoms. The molecule has 156 valence electrons. The van der Waals surface area contributed by atoms with Gasteiger partial charge in [-0.2, -0.15) is 0 Å². The van der Waals surface area contributed by atoms with E-state index in [2.05, 4.69) is 25.9 Å². The molecule has 2 N–H and O–H groups in total. The molecule has 2 heterocycles. The largest absolute Gasteiger partial charge is 0.354 e. The third kappa shape index (κ3) is 6.65. The molecule has 2 amide bonds. The Labute approximate surface area is 176 Å². The van der Waals surface area contributed by atoms with Crippen molar-refractivity contribution >= 4 is 28.8 Å². The molecule has 0 spiro atoms. The van der Waals surface area contributed by atoms with Gasteiger partial charge in [0.05, 0.1) is 17.1 Å². The topological polar surface area (TPSA) is 74.3 Å². The first-order valence-corrected chi connectivity index (χ1v) is 11.1. The fraction of sp³-hybridized carbons (Fsp3) is 0.500. The van der Waals surface area contributed by atoms with Crippen molar-refractivity contribution in [2.75, 3.05) is 18.4 Å². The summed E-state index contributed by atoms with van der Waals surface area (Å²) in [5.41, 5.74) is 2.84. The first kappa shape index (κ1) is 21.5. The lowest BCUT2D eigenvalue weighted by Crippen LogP contribution is -2.37. The number of nitrogens with one attached hydrogen (secondary N) is 2. The van der Waals surface area contributed by atoms with E-state index in [4.69, 9.17) is 0 Å². The Bertz CT molecular complexity index is 824. The van der Waals surface area contributed by atoms with Crippen molar-refractivity contribution in [1.82, 2.24) is 15.2 Å². The molecule has 7 heteroatoms. The molecule has 0 saturated carbocycles. The number of aromatic nitrogens is 1. The highest BCUT2D eigenvalue weighted by atomic mass is 32.1. The quantitative estimate of drug-likeness (QED) is 0.728. The first-order valence-electron chi connectivity index (χ1n) is 10.2. The van der Waals surface area contributed by atoms with Crippen molar-refractivity contribution in [3.8, 4) is 0 Å². The Morgan fingerprint density at radius 1 is 1.21 bits per heavy atom. The lowest BCUT2D eigenvalue weighted by Gasteiger charge is -2.30. The summed E-state index contributed by atoms with van der Waals surface area (Å²) in [5.74, 6) is 0.135. The van der Waals surface area contributed by atoms with Crippen LogP contribution in [0.3, 0.4) is 0 Å². The highest BCUT2D eigenvalue weighted by molar-refractivity contribution is 7.09. The number of rotatable bonds is 7. The Balaban J connectivity index is 1.44. The van der Waals surface area contributed by atoms with Crippen molar-refractivity contribution in [2.45, 2.75) is 52.6 Å². The van der Waals surface area contributed by atoms with Gasteiger partial charge in [0.25, 0.3) is 0 Å². The van der Waals surface area contributed by atoms with E-state index >= 15 is 0 Å². The van der Waals surface area contributed by atoms with Crippen LogP contribution in [0.1, 0.15) is 43.0 Å². The molecule has 0 aliphatic carbocycles. The highest BCUT2D eigenvalue weighted by Gasteiger charge is 2.25. The summed E-state index contributed by atoms with van der Waals surface area (Å²) in [6, 6.07) is 7.67. The first-order chi connectivity index (χ1) is 13.9. The number of thiazole rings is 1. The molecule has 1 aromatic carbocycles. The lowest BCUT2D eigenvalue weighted by atomic mass is 9.95. The van der Waals surface area contributed by atoms with Crippen LogP contribution in [0.4, 0.5) is 5.69 Å². The van der Waals surface area contributed by atoms with Crippen LogP contribution in [-0.2, 0) is 22.6 Å². The predicted molar refractivity (Wildman–Crippen MR) is 117 cm³/mol. The van der Waals surface area contributed by atoms with E-state index in [1.807, 2.05) is 45.0 Å². The van der Waals surface area contributed by atoms with Gasteiger partial charge >= 0.3 is 0 Å². The van der Waals surface area contributed by atoms with Gasteiger partial charge in [0.2, 0.25) is 11.8 Å². The number of aryl methyl sites for hydroxylation is 1. The van der Waals surface area contributed by atoms with Gasteiger partial charge in [-0.3, -0.25) is 14.5 Å². The van der Waals surface area contributed by atoms with Crippen LogP contribution in [0.5, 0.6) is 0 Å². The molecular formula is C22H30N4O2S. The van der Waals surface area contributed by atoms with E-state index in [9.17, 15) is 9.59 Å². The van der Waals surface area contributed by atoms with Gasteiger partial charge in [-0.05, 0) is 64.4 Å². The molecule has 0 radical (unpaired) electrons. The Hall–Kier alpha value is -2.25. The average Bonchev–Trinajstić information content (AvgIpc) is 3.08.